The number of piperidine rings is 1. The molecule has 0 bridgehead atoms. The van der Waals surface area contributed by atoms with Gasteiger partial charge in [-0.2, -0.15) is 4.98 Å². The van der Waals surface area contributed by atoms with E-state index in [4.69, 9.17) is 10.3 Å². The van der Waals surface area contributed by atoms with Crippen LogP contribution in [-0.2, 0) is 11.3 Å². The molecule has 0 spiro atoms. The van der Waals surface area contributed by atoms with Gasteiger partial charge in [-0.25, -0.2) is 0 Å². The van der Waals surface area contributed by atoms with Crippen molar-refractivity contribution >= 4 is 5.91 Å². The molecule has 1 atom stereocenters. The van der Waals surface area contributed by atoms with E-state index in [0.717, 1.165) is 30.5 Å². The molecule has 0 aliphatic carbocycles. The van der Waals surface area contributed by atoms with Gasteiger partial charge in [0.15, 0.2) is 0 Å². The van der Waals surface area contributed by atoms with Crippen LogP contribution in [0.4, 0.5) is 0 Å². The molecule has 122 valence electrons. The van der Waals surface area contributed by atoms with Crippen LogP contribution in [0.3, 0.4) is 0 Å². The summed E-state index contributed by atoms with van der Waals surface area (Å²) in [6, 6.07) is 7.83. The highest BCUT2D eigenvalue weighted by Gasteiger charge is 2.28. The lowest BCUT2D eigenvalue weighted by Crippen LogP contribution is -2.38. The zero-order valence-electron chi connectivity index (χ0n) is 13.4. The summed E-state index contributed by atoms with van der Waals surface area (Å²) in [5.41, 5.74) is 7.59. The van der Waals surface area contributed by atoms with E-state index in [1.165, 1.54) is 0 Å². The predicted octanol–water partition coefficient (Wildman–Crippen LogP) is 2.31. The standard InChI is InChI=1S/C17H22N4O2/c1-2-15(22)21-9-3-4-14(11-21)17-19-16(20-23-17)13-7-5-12(10-18)6-8-13/h5-8,14H,2-4,9-11,18H2,1H3. The lowest BCUT2D eigenvalue weighted by atomic mass is 9.97. The molecule has 2 N–H and O–H groups in total. The highest BCUT2D eigenvalue weighted by molar-refractivity contribution is 5.76. The largest absolute Gasteiger partial charge is 0.342 e. The Hall–Kier alpha value is -2.21. The molecule has 1 aromatic carbocycles. The Labute approximate surface area is 135 Å². The third-order valence-corrected chi connectivity index (χ3v) is 4.32. The lowest BCUT2D eigenvalue weighted by molar-refractivity contribution is -0.132. The maximum absolute atomic E-state index is 11.9. The minimum absolute atomic E-state index is 0.129. The van der Waals surface area contributed by atoms with Gasteiger partial charge in [-0.3, -0.25) is 4.79 Å². The highest BCUT2D eigenvalue weighted by atomic mass is 16.5. The molecular weight excluding hydrogens is 292 g/mol. The third-order valence-electron chi connectivity index (χ3n) is 4.32. The summed E-state index contributed by atoms with van der Waals surface area (Å²) in [7, 11) is 0. The molecule has 2 heterocycles. The van der Waals surface area contributed by atoms with Crippen LogP contribution in [0.1, 0.15) is 43.6 Å². The van der Waals surface area contributed by atoms with E-state index in [2.05, 4.69) is 10.1 Å². The van der Waals surface area contributed by atoms with Crippen LogP contribution >= 0.6 is 0 Å². The number of amides is 1. The Balaban J connectivity index is 1.74. The zero-order valence-corrected chi connectivity index (χ0v) is 13.4. The van der Waals surface area contributed by atoms with Crippen molar-refractivity contribution in [3.63, 3.8) is 0 Å². The minimum atomic E-state index is 0.129. The Kier molecular flexibility index (Phi) is 4.71. The molecule has 0 saturated carbocycles. The molecule has 1 amide bonds. The number of benzene rings is 1. The number of hydrogen-bond donors (Lipinski definition) is 1. The van der Waals surface area contributed by atoms with E-state index in [-0.39, 0.29) is 11.8 Å². The van der Waals surface area contributed by atoms with Gasteiger partial charge < -0.3 is 15.2 Å². The first-order valence-electron chi connectivity index (χ1n) is 8.12. The minimum Gasteiger partial charge on any atom is -0.342 e. The van der Waals surface area contributed by atoms with E-state index in [1.807, 2.05) is 36.1 Å². The second kappa shape index (κ2) is 6.91. The first-order chi connectivity index (χ1) is 11.2. The first-order valence-corrected chi connectivity index (χ1v) is 8.12. The fraction of sp³-hybridized carbons (Fsp3) is 0.471. The van der Waals surface area contributed by atoms with Gasteiger partial charge in [-0.05, 0) is 18.4 Å². The fourth-order valence-electron chi connectivity index (χ4n) is 2.94. The molecule has 1 aromatic heterocycles. The van der Waals surface area contributed by atoms with Crippen LogP contribution in [0.5, 0.6) is 0 Å². The summed E-state index contributed by atoms with van der Waals surface area (Å²) in [5.74, 6) is 1.52. The molecule has 2 aromatic rings. The van der Waals surface area contributed by atoms with Gasteiger partial charge in [0.05, 0.1) is 5.92 Å². The van der Waals surface area contributed by atoms with Gasteiger partial charge >= 0.3 is 0 Å². The van der Waals surface area contributed by atoms with E-state index in [0.29, 0.717) is 31.2 Å². The SMILES string of the molecule is CCC(=O)N1CCCC(c2nc(-c3ccc(CN)cc3)no2)C1. The maximum Gasteiger partial charge on any atom is 0.231 e. The smallest absolute Gasteiger partial charge is 0.231 e. The second-order valence-corrected chi connectivity index (χ2v) is 5.89. The van der Waals surface area contributed by atoms with E-state index in [9.17, 15) is 4.79 Å². The third kappa shape index (κ3) is 3.42. The van der Waals surface area contributed by atoms with Gasteiger partial charge in [-0.1, -0.05) is 36.3 Å². The molecule has 1 fully saturated rings. The summed E-state index contributed by atoms with van der Waals surface area (Å²) in [6.45, 7) is 3.90. The number of hydrogen-bond acceptors (Lipinski definition) is 5. The summed E-state index contributed by atoms with van der Waals surface area (Å²) >= 11 is 0. The Morgan fingerprint density at radius 2 is 2.17 bits per heavy atom. The van der Waals surface area contributed by atoms with Crippen LogP contribution in [0, 0.1) is 0 Å². The Bertz CT molecular complexity index is 665. The molecule has 1 saturated heterocycles. The molecule has 1 aliphatic heterocycles. The monoisotopic (exact) mass is 314 g/mol. The van der Waals surface area contributed by atoms with E-state index in [1.54, 1.807) is 0 Å². The van der Waals surface area contributed by atoms with Crippen molar-refractivity contribution < 1.29 is 9.32 Å². The van der Waals surface area contributed by atoms with Crippen LogP contribution < -0.4 is 5.73 Å². The summed E-state index contributed by atoms with van der Waals surface area (Å²) < 4.78 is 5.45. The molecular formula is C17H22N4O2. The molecule has 23 heavy (non-hydrogen) atoms. The topological polar surface area (TPSA) is 85.2 Å². The van der Waals surface area contributed by atoms with Crippen LogP contribution in [0.2, 0.25) is 0 Å². The number of likely N-dealkylation sites (tertiary alicyclic amines) is 1. The predicted molar refractivity (Wildman–Crippen MR) is 86.5 cm³/mol. The number of aromatic nitrogens is 2. The number of nitrogens with two attached hydrogens (primary N) is 1. The van der Waals surface area contributed by atoms with Crippen molar-refractivity contribution in [1.29, 1.82) is 0 Å². The molecule has 0 radical (unpaired) electrons. The Morgan fingerprint density at radius 3 is 2.87 bits per heavy atom. The first kappa shape index (κ1) is 15.7. The Morgan fingerprint density at radius 1 is 1.39 bits per heavy atom. The maximum atomic E-state index is 11.9. The molecule has 1 aliphatic rings. The number of carbonyl (C=O) groups excluding carboxylic acids is 1. The molecule has 6 nitrogen and oxygen atoms in total. The van der Waals surface area contributed by atoms with Crippen molar-refractivity contribution in [2.45, 2.75) is 38.6 Å². The number of nitrogens with zero attached hydrogens (tertiary/aromatic N) is 3. The number of carbonyl (C=O) groups is 1. The molecule has 3 rings (SSSR count). The molecule has 1 unspecified atom stereocenters. The highest BCUT2D eigenvalue weighted by Crippen LogP contribution is 2.27. The van der Waals surface area contributed by atoms with E-state index < -0.39 is 0 Å². The molecule has 6 heteroatoms. The van der Waals surface area contributed by atoms with Gasteiger partial charge in [0.1, 0.15) is 0 Å². The van der Waals surface area contributed by atoms with Gasteiger partial charge in [-0.15, -0.1) is 0 Å². The van der Waals surface area contributed by atoms with Crippen molar-refractivity contribution in [1.82, 2.24) is 15.0 Å². The van der Waals surface area contributed by atoms with Crippen molar-refractivity contribution in [2.75, 3.05) is 13.1 Å². The van der Waals surface area contributed by atoms with Gasteiger partial charge in [0, 0.05) is 31.6 Å². The number of rotatable bonds is 4. The quantitative estimate of drug-likeness (QED) is 0.936. The summed E-state index contributed by atoms with van der Waals surface area (Å²) in [4.78, 5) is 18.3. The van der Waals surface area contributed by atoms with Crippen molar-refractivity contribution in [2.24, 2.45) is 5.73 Å². The average molecular weight is 314 g/mol. The van der Waals surface area contributed by atoms with Crippen LogP contribution in [-0.4, -0.2) is 34.0 Å². The lowest BCUT2D eigenvalue weighted by Gasteiger charge is -2.30. The van der Waals surface area contributed by atoms with Crippen molar-refractivity contribution in [3.8, 4) is 11.4 Å². The summed E-state index contributed by atoms with van der Waals surface area (Å²) in [6.07, 6.45) is 2.48. The van der Waals surface area contributed by atoms with Gasteiger partial charge in [0.2, 0.25) is 17.6 Å². The summed E-state index contributed by atoms with van der Waals surface area (Å²) in [5, 5.41) is 4.09. The second-order valence-electron chi connectivity index (χ2n) is 5.89. The van der Waals surface area contributed by atoms with Crippen LogP contribution in [0.25, 0.3) is 11.4 Å². The normalized spacial score (nSPS) is 18.2. The van der Waals surface area contributed by atoms with Gasteiger partial charge in [0.25, 0.3) is 0 Å². The van der Waals surface area contributed by atoms with Crippen LogP contribution in [0.15, 0.2) is 28.8 Å². The zero-order chi connectivity index (χ0) is 16.2. The van der Waals surface area contributed by atoms with Crippen molar-refractivity contribution in [3.05, 3.63) is 35.7 Å². The fourth-order valence-corrected chi connectivity index (χ4v) is 2.94. The van der Waals surface area contributed by atoms with E-state index >= 15 is 0 Å². The average Bonchev–Trinajstić information content (AvgIpc) is 3.11.